The molecule has 23 heavy (non-hydrogen) atoms. The monoisotopic (exact) mass is 360 g/mol. The molecule has 1 aromatic rings. The van der Waals surface area contributed by atoms with Gasteiger partial charge in [0.2, 0.25) is 0 Å². The lowest BCUT2D eigenvalue weighted by Gasteiger charge is -2.36. The second-order valence-electron chi connectivity index (χ2n) is 6.19. The lowest BCUT2D eigenvalue weighted by molar-refractivity contribution is 0.0540. The minimum absolute atomic E-state index is 0.0254. The molecule has 0 radical (unpaired) electrons. The van der Waals surface area contributed by atoms with Gasteiger partial charge in [0.15, 0.2) is 0 Å². The minimum atomic E-state index is -1.33. The van der Waals surface area contributed by atoms with E-state index in [4.69, 9.17) is 23.2 Å². The highest BCUT2D eigenvalue weighted by atomic mass is 35.5. The van der Waals surface area contributed by atoms with Crippen molar-refractivity contribution in [2.75, 3.05) is 26.2 Å². The molecule has 0 unspecified atom stereocenters. The largest absolute Gasteiger partial charge is 0.349 e. The van der Waals surface area contributed by atoms with Crippen LogP contribution in [0.15, 0.2) is 18.2 Å². The zero-order valence-corrected chi connectivity index (χ0v) is 14.9. The Bertz CT molecular complexity index is 525. The van der Waals surface area contributed by atoms with Crippen LogP contribution in [0.3, 0.4) is 0 Å². The number of nitrogens with one attached hydrogen (secondary N) is 1. The highest BCUT2D eigenvalue weighted by molar-refractivity contribution is 6.35. The number of halogens is 3. The van der Waals surface area contributed by atoms with Gasteiger partial charge in [0.1, 0.15) is 5.67 Å². The van der Waals surface area contributed by atoms with E-state index in [2.05, 4.69) is 17.1 Å². The third-order valence-electron chi connectivity index (χ3n) is 4.27. The molecule has 1 amide bonds. The molecule has 6 heteroatoms. The van der Waals surface area contributed by atoms with Crippen molar-refractivity contribution in [3.05, 3.63) is 33.8 Å². The molecule has 1 fully saturated rings. The molecule has 128 valence electrons. The van der Waals surface area contributed by atoms with E-state index >= 15 is 0 Å². The summed E-state index contributed by atoms with van der Waals surface area (Å²) >= 11 is 11.8. The van der Waals surface area contributed by atoms with Crippen LogP contribution in [0.5, 0.6) is 0 Å². The molecule has 0 aromatic heterocycles. The number of hydrogen-bond donors (Lipinski definition) is 1. The Morgan fingerprint density at radius 1 is 1.26 bits per heavy atom. The average molecular weight is 361 g/mol. The molecular weight excluding hydrogens is 338 g/mol. The van der Waals surface area contributed by atoms with Gasteiger partial charge in [-0.1, -0.05) is 36.5 Å². The van der Waals surface area contributed by atoms with Crippen molar-refractivity contribution >= 4 is 29.1 Å². The van der Waals surface area contributed by atoms with Crippen LogP contribution in [0, 0.1) is 0 Å². The summed E-state index contributed by atoms with van der Waals surface area (Å²) < 4.78 is 14.8. The highest BCUT2D eigenvalue weighted by Crippen LogP contribution is 2.26. The lowest BCUT2D eigenvalue weighted by Crippen LogP contribution is -2.48. The van der Waals surface area contributed by atoms with Crippen LogP contribution in [-0.4, -0.2) is 42.7 Å². The number of carbonyl (C=O) groups excluding carboxylic acids is 1. The number of unbranched alkanes of at least 4 members (excludes halogenated alkanes) is 1. The number of alkyl halides is 1. The van der Waals surface area contributed by atoms with Crippen molar-refractivity contribution in [1.82, 2.24) is 10.2 Å². The lowest BCUT2D eigenvalue weighted by atomic mass is 9.93. The maximum absolute atomic E-state index is 14.8. The Labute approximate surface area is 147 Å². The first-order valence-corrected chi connectivity index (χ1v) is 8.83. The van der Waals surface area contributed by atoms with E-state index in [1.165, 1.54) is 12.1 Å². The van der Waals surface area contributed by atoms with Crippen LogP contribution in [0.1, 0.15) is 43.0 Å². The van der Waals surface area contributed by atoms with Gasteiger partial charge in [-0.3, -0.25) is 4.79 Å². The second kappa shape index (κ2) is 8.32. The van der Waals surface area contributed by atoms with Crippen molar-refractivity contribution < 1.29 is 9.18 Å². The molecule has 2 rings (SSSR count). The van der Waals surface area contributed by atoms with Crippen LogP contribution in [-0.2, 0) is 0 Å². The Kier molecular flexibility index (Phi) is 6.69. The first-order chi connectivity index (χ1) is 10.9. The quantitative estimate of drug-likeness (QED) is 0.818. The van der Waals surface area contributed by atoms with Crippen molar-refractivity contribution in [2.45, 2.75) is 38.3 Å². The van der Waals surface area contributed by atoms with Crippen LogP contribution in [0.2, 0.25) is 10.0 Å². The summed E-state index contributed by atoms with van der Waals surface area (Å²) in [6.45, 7) is 4.70. The summed E-state index contributed by atoms with van der Waals surface area (Å²) in [5.74, 6) is -0.347. The van der Waals surface area contributed by atoms with E-state index in [9.17, 15) is 9.18 Å². The molecule has 0 aliphatic carbocycles. The zero-order valence-electron chi connectivity index (χ0n) is 13.4. The number of hydrogen-bond acceptors (Lipinski definition) is 2. The predicted molar refractivity (Wildman–Crippen MR) is 93.2 cm³/mol. The van der Waals surface area contributed by atoms with E-state index in [-0.39, 0.29) is 12.5 Å². The third-order valence-corrected chi connectivity index (χ3v) is 4.71. The van der Waals surface area contributed by atoms with Crippen LogP contribution < -0.4 is 5.32 Å². The minimum Gasteiger partial charge on any atom is -0.349 e. The maximum atomic E-state index is 14.8. The SMILES string of the molecule is CCCCN1CCC(F)(CNC(=O)c2cc(Cl)cc(Cl)c2)CC1. The molecular formula is C17H23Cl2FN2O. The number of benzene rings is 1. The van der Waals surface area contributed by atoms with E-state index in [0.717, 1.165) is 32.5 Å². The molecule has 0 spiro atoms. The number of carbonyl (C=O) groups is 1. The Hall–Kier alpha value is -0.840. The summed E-state index contributed by atoms with van der Waals surface area (Å²) in [7, 11) is 0. The van der Waals surface area contributed by atoms with Gasteiger partial charge in [-0.25, -0.2) is 4.39 Å². The molecule has 3 nitrogen and oxygen atoms in total. The number of amides is 1. The van der Waals surface area contributed by atoms with Crippen molar-refractivity contribution in [1.29, 1.82) is 0 Å². The molecule has 1 heterocycles. The van der Waals surface area contributed by atoms with Crippen molar-refractivity contribution in [2.24, 2.45) is 0 Å². The molecule has 1 saturated heterocycles. The Morgan fingerprint density at radius 2 is 1.87 bits per heavy atom. The normalized spacial score (nSPS) is 17.9. The number of likely N-dealkylation sites (tertiary alicyclic amines) is 1. The first-order valence-electron chi connectivity index (χ1n) is 8.07. The summed E-state index contributed by atoms with van der Waals surface area (Å²) in [6.07, 6.45) is 3.20. The summed E-state index contributed by atoms with van der Waals surface area (Å²) in [5, 5.41) is 3.45. The molecule has 1 N–H and O–H groups in total. The first kappa shape index (κ1) is 18.5. The smallest absolute Gasteiger partial charge is 0.251 e. The van der Waals surface area contributed by atoms with Gasteiger partial charge in [0.05, 0.1) is 6.54 Å². The zero-order chi connectivity index (χ0) is 16.9. The van der Waals surface area contributed by atoms with Gasteiger partial charge < -0.3 is 10.2 Å². The predicted octanol–water partition coefficient (Wildman–Crippen LogP) is 4.33. The van der Waals surface area contributed by atoms with Gasteiger partial charge in [0, 0.05) is 28.7 Å². The van der Waals surface area contributed by atoms with E-state index in [1.54, 1.807) is 6.07 Å². The van der Waals surface area contributed by atoms with Gasteiger partial charge in [-0.05, 0) is 44.0 Å². The molecule has 0 bridgehead atoms. The Morgan fingerprint density at radius 3 is 2.43 bits per heavy atom. The van der Waals surface area contributed by atoms with E-state index in [1.807, 2.05) is 0 Å². The van der Waals surface area contributed by atoms with Crippen LogP contribution in [0.25, 0.3) is 0 Å². The van der Waals surface area contributed by atoms with E-state index < -0.39 is 5.67 Å². The van der Waals surface area contributed by atoms with E-state index in [0.29, 0.717) is 28.5 Å². The highest BCUT2D eigenvalue weighted by Gasteiger charge is 2.34. The average Bonchev–Trinajstić information content (AvgIpc) is 2.51. The number of piperidine rings is 1. The third kappa shape index (κ3) is 5.63. The van der Waals surface area contributed by atoms with Gasteiger partial charge >= 0.3 is 0 Å². The van der Waals surface area contributed by atoms with Crippen LogP contribution in [0.4, 0.5) is 4.39 Å². The number of nitrogens with zero attached hydrogens (tertiary/aromatic N) is 1. The second-order valence-corrected chi connectivity index (χ2v) is 7.06. The molecule has 1 aromatic carbocycles. The standard InChI is InChI=1S/C17H23Cl2FN2O/c1-2-3-6-22-7-4-17(20,5-8-22)12-21-16(23)13-9-14(18)11-15(19)10-13/h9-11H,2-8,12H2,1H3,(H,21,23). The van der Waals surface area contributed by atoms with Crippen molar-refractivity contribution in [3.63, 3.8) is 0 Å². The summed E-state index contributed by atoms with van der Waals surface area (Å²) in [6, 6.07) is 4.62. The fourth-order valence-corrected chi connectivity index (χ4v) is 3.29. The Balaban J connectivity index is 1.84. The molecule has 1 aliphatic rings. The van der Waals surface area contributed by atoms with Crippen LogP contribution >= 0.6 is 23.2 Å². The molecule has 1 aliphatic heterocycles. The van der Waals surface area contributed by atoms with Gasteiger partial charge in [0.25, 0.3) is 5.91 Å². The van der Waals surface area contributed by atoms with Gasteiger partial charge in [-0.2, -0.15) is 0 Å². The summed E-state index contributed by atoms with van der Waals surface area (Å²) in [4.78, 5) is 14.4. The van der Waals surface area contributed by atoms with Gasteiger partial charge in [-0.15, -0.1) is 0 Å². The summed E-state index contributed by atoms with van der Waals surface area (Å²) in [5.41, 5.74) is -0.979. The fourth-order valence-electron chi connectivity index (χ4n) is 2.76. The number of rotatable bonds is 6. The fraction of sp³-hybridized carbons (Fsp3) is 0.588. The maximum Gasteiger partial charge on any atom is 0.251 e. The molecule has 0 saturated carbocycles. The van der Waals surface area contributed by atoms with Crippen molar-refractivity contribution in [3.8, 4) is 0 Å². The molecule has 0 atom stereocenters. The topological polar surface area (TPSA) is 32.3 Å².